The van der Waals surface area contributed by atoms with E-state index in [0.717, 1.165) is 0 Å². The number of benzene rings is 1. The van der Waals surface area contributed by atoms with Crippen LogP contribution in [0.25, 0.3) is 10.6 Å². The molecule has 4 rings (SSSR count). The van der Waals surface area contributed by atoms with Crippen LogP contribution in [0.5, 0.6) is 5.75 Å². The van der Waals surface area contributed by atoms with Crippen LogP contribution in [0.3, 0.4) is 0 Å². The van der Waals surface area contributed by atoms with Crippen LogP contribution in [-0.4, -0.2) is 47.7 Å². The summed E-state index contributed by atoms with van der Waals surface area (Å²) in [6, 6.07) is 4.57. The molecule has 1 atom stereocenters. The van der Waals surface area contributed by atoms with Gasteiger partial charge in [-0.3, -0.25) is 28.2 Å². The van der Waals surface area contributed by atoms with Gasteiger partial charge in [0.2, 0.25) is 0 Å². The number of anilines is 2. The Labute approximate surface area is 225 Å². The molecule has 0 saturated carbocycles. The van der Waals surface area contributed by atoms with Crippen LogP contribution in [0.4, 0.5) is 11.4 Å². The molecule has 0 bridgehead atoms. The number of rotatable bonds is 8. The highest BCUT2D eigenvalue weighted by Gasteiger charge is 2.36. The van der Waals surface area contributed by atoms with Gasteiger partial charge in [0.15, 0.2) is 11.6 Å². The van der Waals surface area contributed by atoms with Gasteiger partial charge in [0.05, 0.1) is 33.7 Å². The van der Waals surface area contributed by atoms with Crippen molar-refractivity contribution in [2.45, 2.75) is 40.7 Å². The fourth-order valence-electron chi connectivity index (χ4n) is 3.75. The number of fused-ring (bicyclic) bond motifs is 1. The lowest BCUT2D eigenvalue weighted by atomic mass is 9.92. The van der Waals surface area contributed by atoms with Crippen molar-refractivity contribution in [3.63, 3.8) is 0 Å². The second-order valence-corrected chi connectivity index (χ2v) is 14.7. The Morgan fingerprint density at radius 2 is 2.03 bits per heavy atom. The second kappa shape index (κ2) is 10.4. The number of nitrogens with one attached hydrogen (secondary N) is 2. The number of thiazole rings is 1. The Morgan fingerprint density at radius 3 is 2.63 bits per heavy atom. The van der Waals surface area contributed by atoms with E-state index in [1.165, 1.54) is 34.5 Å². The topological polar surface area (TPSA) is 171 Å². The largest absolute Gasteiger partial charge is 0.505 e. The van der Waals surface area contributed by atoms with Crippen LogP contribution in [0.15, 0.2) is 39.5 Å². The molecular formula is C23H31N6O6PS2. The highest BCUT2D eigenvalue weighted by Crippen LogP contribution is 2.53. The maximum absolute atomic E-state index is 14.0. The summed E-state index contributed by atoms with van der Waals surface area (Å²) in [5, 5.41) is 18.9. The third-order valence-electron chi connectivity index (χ3n) is 5.51. The number of aromatic nitrogens is 3. The van der Waals surface area contributed by atoms with Crippen molar-refractivity contribution in [3.8, 4) is 16.3 Å². The van der Waals surface area contributed by atoms with Crippen LogP contribution in [0.2, 0.25) is 0 Å². The van der Waals surface area contributed by atoms with Gasteiger partial charge in [-0.2, -0.15) is 9.86 Å². The van der Waals surface area contributed by atoms with Crippen molar-refractivity contribution < 1.29 is 23.3 Å². The molecule has 38 heavy (non-hydrogen) atoms. The molecule has 2 aromatic heterocycles. The number of hydrogen-bond acceptors (Lipinski definition) is 11. The molecule has 5 N–H and O–H groups in total. The molecule has 3 aromatic rings. The Morgan fingerprint density at radius 1 is 1.29 bits per heavy atom. The van der Waals surface area contributed by atoms with Gasteiger partial charge in [0.1, 0.15) is 11.3 Å². The van der Waals surface area contributed by atoms with E-state index in [2.05, 4.69) is 24.9 Å². The number of nitrogens with zero attached hydrogens (tertiary/aromatic N) is 4. The van der Waals surface area contributed by atoms with Crippen molar-refractivity contribution >= 4 is 52.1 Å². The normalized spacial score (nSPS) is 17.9. The summed E-state index contributed by atoms with van der Waals surface area (Å²) in [6.45, 7) is 8.14. The Bertz CT molecular complexity index is 1480. The molecule has 1 aliphatic rings. The highest BCUT2D eigenvalue weighted by molar-refractivity contribution is 8.24. The van der Waals surface area contributed by atoms with Gasteiger partial charge in [-0.15, -0.1) is 22.1 Å². The van der Waals surface area contributed by atoms with E-state index >= 15 is 0 Å². The van der Waals surface area contributed by atoms with E-state index < -0.39 is 29.6 Å². The summed E-state index contributed by atoms with van der Waals surface area (Å²) in [4.78, 5) is 18.2. The first-order chi connectivity index (χ1) is 17.7. The zero-order valence-corrected chi connectivity index (χ0v) is 24.2. The maximum atomic E-state index is 14.0. The van der Waals surface area contributed by atoms with E-state index in [0.29, 0.717) is 22.7 Å². The maximum Gasteiger partial charge on any atom is 0.348 e. The molecule has 0 radical (unpaired) electrons. The molecule has 0 amide bonds. The predicted molar refractivity (Wildman–Crippen MR) is 153 cm³/mol. The predicted octanol–water partition coefficient (Wildman–Crippen LogP) is 4.94. The highest BCUT2D eigenvalue weighted by atomic mass is 32.3. The van der Waals surface area contributed by atoms with Crippen LogP contribution < -0.4 is 20.9 Å². The van der Waals surface area contributed by atoms with Gasteiger partial charge in [-0.05, 0) is 37.0 Å². The molecule has 206 valence electrons. The van der Waals surface area contributed by atoms with E-state index in [1.54, 1.807) is 24.6 Å². The summed E-state index contributed by atoms with van der Waals surface area (Å²) < 4.78 is 47.4. The summed E-state index contributed by atoms with van der Waals surface area (Å²) in [6.07, 6.45) is 3.40. The standard InChI is InChI=1S/C23H31N6O6PS2/c1-6-35-36(32)16-11-14(28-38(5,33)34)7-8-15(16)25-21(27-36)18-20(30)19(17-12-24-13-37-17)26-29(22(18)31)10-9-23(2,3)4/h7-8,11-13,28,30,33-34H,6,9-10H2,1-5H3,(H,25,27,32). The smallest absolute Gasteiger partial charge is 0.348 e. The molecule has 3 heterocycles. The van der Waals surface area contributed by atoms with Gasteiger partial charge in [0, 0.05) is 19.0 Å². The minimum Gasteiger partial charge on any atom is -0.505 e. The van der Waals surface area contributed by atoms with Crippen molar-refractivity contribution in [1.29, 1.82) is 0 Å². The summed E-state index contributed by atoms with van der Waals surface area (Å²) in [5.41, 5.74) is 1.51. The SMILES string of the molecule is CCOP1(=O)N=C(c2c(O)c(-c3cncs3)nn(CCC(C)(C)C)c2=O)Nc2ccc(NS(C)(O)O)cc21. The first-order valence-corrected chi connectivity index (χ1v) is 16.1. The average Bonchev–Trinajstić information content (AvgIpc) is 3.32. The van der Waals surface area contributed by atoms with Crippen molar-refractivity contribution in [1.82, 2.24) is 14.8 Å². The monoisotopic (exact) mass is 582 g/mol. The molecule has 15 heteroatoms. The fraction of sp³-hybridized carbons (Fsp3) is 0.391. The molecule has 0 saturated heterocycles. The third-order valence-corrected chi connectivity index (χ3v) is 8.96. The van der Waals surface area contributed by atoms with Crippen LogP contribution in [0.1, 0.15) is 39.7 Å². The van der Waals surface area contributed by atoms with Gasteiger partial charge >= 0.3 is 7.52 Å². The van der Waals surface area contributed by atoms with E-state index in [1.807, 2.05) is 20.8 Å². The lowest BCUT2D eigenvalue weighted by molar-refractivity contribution is 0.335. The number of aryl methyl sites for hydroxylation is 1. The van der Waals surface area contributed by atoms with E-state index in [4.69, 9.17) is 4.52 Å². The van der Waals surface area contributed by atoms with Crippen LogP contribution in [0, 0.1) is 5.41 Å². The summed E-state index contributed by atoms with van der Waals surface area (Å²) >= 11 is 1.25. The average molecular weight is 583 g/mol. The molecule has 0 spiro atoms. The van der Waals surface area contributed by atoms with Gasteiger partial charge in [-0.1, -0.05) is 20.8 Å². The van der Waals surface area contributed by atoms with E-state index in [-0.39, 0.29) is 41.0 Å². The Balaban J connectivity index is 1.89. The van der Waals surface area contributed by atoms with Gasteiger partial charge in [-0.25, -0.2) is 4.68 Å². The third kappa shape index (κ3) is 6.11. The summed E-state index contributed by atoms with van der Waals surface area (Å²) in [7, 11) is -7.04. The number of hydrogen-bond donors (Lipinski definition) is 5. The van der Waals surface area contributed by atoms with Gasteiger partial charge in [0.25, 0.3) is 5.56 Å². The van der Waals surface area contributed by atoms with Crippen molar-refractivity contribution in [2.75, 3.05) is 22.9 Å². The fourth-order valence-corrected chi connectivity index (χ4v) is 6.73. The minimum atomic E-state index is -3.95. The Hall–Kier alpha value is -2.74. The molecular weight excluding hydrogens is 551 g/mol. The first kappa shape index (κ1) is 28.3. The molecule has 1 aromatic carbocycles. The molecule has 0 fully saturated rings. The number of amidine groups is 1. The second-order valence-electron chi connectivity index (χ2n) is 9.96. The molecule has 12 nitrogen and oxygen atoms in total. The van der Waals surface area contributed by atoms with Crippen molar-refractivity contribution in [3.05, 3.63) is 45.8 Å². The lowest BCUT2D eigenvalue weighted by Crippen LogP contribution is -2.35. The van der Waals surface area contributed by atoms with Crippen LogP contribution >= 0.6 is 29.6 Å². The Kier molecular flexibility index (Phi) is 7.77. The molecule has 1 unspecified atom stereocenters. The lowest BCUT2D eigenvalue weighted by Gasteiger charge is -2.30. The van der Waals surface area contributed by atoms with Gasteiger partial charge < -0.3 is 14.9 Å². The quantitative estimate of drug-likeness (QED) is 0.229. The minimum absolute atomic E-state index is 0.0539. The van der Waals surface area contributed by atoms with Crippen molar-refractivity contribution in [2.24, 2.45) is 10.2 Å². The zero-order chi connectivity index (χ0) is 27.9. The molecule has 1 aliphatic heterocycles. The zero-order valence-electron chi connectivity index (χ0n) is 21.6. The van der Waals surface area contributed by atoms with E-state index in [9.17, 15) is 23.6 Å². The first-order valence-electron chi connectivity index (χ1n) is 11.7. The summed E-state index contributed by atoms with van der Waals surface area (Å²) in [5.74, 6) is -0.530. The molecule has 0 aliphatic carbocycles. The number of aromatic hydroxyl groups is 1. The van der Waals surface area contributed by atoms with Crippen LogP contribution in [-0.2, 0) is 15.6 Å².